The molecule has 2 N–H and O–H groups in total. The highest BCUT2D eigenvalue weighted by molar-refractivity contribution is 7.89. The first-order valence-electron chi connectivity index (χ1n) is 8.95. The standard InChI is InChI=1S/C19H21Cl2N3O4S/c1-13-5-6-14(11-17(13)29(26,27)24-7-9-28-10-8-24)22-12-18(25)23-16-4-2-3-15(20)19(16)21/h2-6,11,22H,7-10,12H2,1H3,(H,23,25). The van der Waals surface area contributed by atoms with Gasteiger partial charge in [0, 0.05) is 18.8 Å². The highest BCUT2D eigenvalue weighted by atomic mass is 35.5. The molecule has 0 aliphatic carbocycles. The van der Waals surface area contributed by atoms with Gasteiger partial charge < -0.3 is 15.4 Å². The van der Waals surface area contributed by atoms with Crippen molar-refractivity contribution in [2.45, 2.75) is 11.8 Å². The normalized spacial score (nSPS) is 15.1. The average molecular weight is 458 g/mol. The monoisotopic (exact) mass is 457 g/mol. The molecule has 0 bridgehead atoms. The third kappa shape index (κ3) is 5.21. The maximum atomic E-state index is 12.9. The molecule has 2 aromatic carbocycles. The van der Waals surface area contributed by atoms with Crippen LogP contribution in [0.15, 0.2) is 41.3 Å². The van der Waals surface area contributed by atoms with E-state index in [0.717, 1.165) is 0 Å². The van der Waals surface area contributed by atoms with Gasteiger partial charge in [-0.25, -0.2) is 8.42 Å². The maximum Gasteiger partial charge on any atom is 0.243 e. The summed E-state index contributed by atoms with van der Waals surface area (Å²) in [5.41, 5.74) is 1.57. The SMILES string of the molecule is Cc1ccc(NCC(=O)Nc2cccc(Cl)c2Cl)cc1S(=O)(=O)N1CCOCC1. The number of nitrogens with zero attached hydrogens (tertiary/aromatic N) is 1. The van der Waals surface area contributed by atoms with Gasteiger partial charge in [-0.05, 0) is 36.8 Å². The molecule has 0 radical (unpaired) electrons. The molecule has 1 amide bonds. The molecule has 7 nitrogen and oxygen atoms in total. The van der Waals surface area contributed by atoms with E-state index in [9.17, 15) is 13.2 Å². The molecule has 2 aromatic rings. The molecule has 0 atom stereocenters. The van der Waals surface area contributed by atoms with E-state index in [0.29, 0.717) is 48.3 Å². The first-order valence-corrected chi connectivity index (χ1v) is 11.1. The molecule has 10 heteroatoms. The minimum atomic E-state index is -3.63. The zero-order valence-electron chi connectivity index (χ0n) is 15.7. The predicted molar refractivity (Wildman–Crippen MR) is 114 cm³/mol. The molecular weight excluding hydrogens is 437 g/mol. The molecule has 1 aliphatic rings. The molecule has 1 heterocycles. The summed E-state index contributed by atoms with van der Waals surface area (Å²) in [7, 11) is -3.63. The topological polar surface area (TPSA) is 87.7 Å². The van der Waals surface area contributed by atoms with Crippen LogP contribution in [0.3, 0.4) is 0 Å². The van der Waals surface area contributed by atoms with Crippen molar-refractivity contribution in [3.63, 3.8) is 0 Å². The summed E-state index contributed by atoms with van der Waals surface area (Å²) in [5, 5.41) is 6.22. The van der Waals surface area contributed by atoms with Gasteiger partial charge in [-0.15, -0.1) is 0 Å². The first kappa shape index (κ1) is 21.9. The second-order valence-corrected chi connectivity index (χ2v) is 9.19. The number of sulfonamides is 1. The number of carbonyl (C=O) groups excluding carboxylic acids is 1. The van der Waals surface area contributed by atoms with Crippen LogP contribution >= 0.6 is 23.2 Å². The van der Waals surface area contributed by atoms with Crippen LogP contribution in [0.25, 0.3) is 0 Å². The molecule has 0 saturated carbocycles. The van der Waals surface area contributed by atoms with Gasteiger partial charge >= 0.3 is 0 Å². The summed E-state index contributed by atoms with van der Waals surface area (Å²) in [6.07, 6.45) is 0. The zero-order chi connectivity index (χ0) is 21.0. The van der Waals surface area contributed by atoms with Gasteiger partial charge in [0.1, 0.15) is 0 Å². The minimum absolute atomic E-state index is 0.0665. The van der Waals surface area contributed by atoms with Crippen LogP contribution < -0.4 is 10.6 Å². The van der Waals surface area contributed by atoms with Gasteiger partial charge in [-0.2, -0.15) is 4.31 Å². The molecule has 156 valence electrons. The lowest BCUT2D eigenvalue weighted by Gasteiger charge is -2.27. The summed E-state index contributed by atoms with van der Waals surface area (Å²) in [6.45, 7) is 3.07. The number of benzene rings is 2. The Morgan fingerprint density at radius 2 is 1.90 bits per heavy atom. The number of hydrogen-bond acceptors (Lipinski definition) is 5. The van der Waals surface area contributed by atoms with Crippen LogP contribution in [0, 0.1) is 6.92 Å². The van der Waals surface area contributed by atoms with Crippen molar-refractivity contribution >= 4 is 50.5 Å². The van der Waals surface area contributed by atoms with Crippen molar-refractivity contribution in [1.29, 1.82) is 0 Å². The molecule has 29 heavy (non-hydrogen) atoms. The van der Waals surface area contributed by atoms with E-state index in [2.05, 4.69) is 10.6 Å². The number of morpholine rings is 1. The highest BCUT2D eigenvalue weighted by Gasteiger charge is 2.28. The number of anilines is 2. The lowest BCUT2D eigenvalue weighted by Crippen LogP contribution is -2.40. The van der Waals surface area contributed by atoms with E-state index in [-0.39, 0.29) is 22.4 Å². The predicted octanol–water partition coefficient (Wildman–Crippen LogP) is 3.37. The number of hydrogen-bond donors (Lipinski definition) is 2. The van der Waals surface area contributed by atoms with Crippen LogP contribution in [0.5, 0.6) is 0 Å². The van der Waals surface area contributed by atoms with Gasteiger partial charge in [0.15, 0.2) is 0 Å². The molecule has 1 fully saturated rings. The van der Waals surface area contributed by atoms with E-state index in [4.69, 9.17) is 27.9 Å². The van der Waals surface area contributed by atoms with Crippen LogP contribution in [0.2, 0.25) is 10.0 Å². The first-order chi connectivity index (χ1) is 13.8. The summed E-state index contributed by atoms with van der Waals surface area (Å²) < 4.78 is 32.5. The van der Waals surface area contributed by atoms with Crippen molar-refractivity contribution in [1.82, 2.24) is 4.31 Å². The van der Waals surface area contributed by atoms with Crippen molar-refractivity contribution < 1.29 is 17.9 Å². The quantitative estimate of drug-likeness (QED) is 0.693. The molecule has 0 unspecified atom stereocenters. The summed E-state index contributed by atoms with van der Waals surface area (Å²) in [5.74, 6) is -0.340. The Labute approximate surface area is 180 Å². The lowest BCUT2D eigenvalue weighted by molar-refractivity contribution is -0.114. The van der Waals surface area contributed by atoms with Gasteiger partial charge in [0.05, 0.1) is 40.4 Å². The van der Waals surface area contributed by atoms with Crippen molar-refractivity contribution in [3.05, 3.63) is 52.0 Å². The van der Waals surface area contributed by atoms with Crippen molar-refractivity contribution in [3.8, 4) is 0 Å². The smallest absolute Gasteiger partial charge is 0.243 e. The van der Waals surface area contributed by atoms with Crippen LogP contribution in [-0.4, -0.2) is 51.5 Å². The number of rotatable bonds is 6. The molecule has 0 aromatic heterocycles. The second-order valence-electron chi connectivity index (χ2n) is 6.50. The number of aryl methyl sites for hydroxylation is 1. The number of nitrogens with one attached hydrogen (secondary N) is 2. The number of ether oxygens (including phenoxy) is 1. The summed E-state index contributed by atoms with van der Waals surface area (Å²) >= 11 is 12.0. The molecule has 1 saturated heterocycles. The van der Waals surface area contributed by atoms with E-state index in [1.165, 1.54) is 4.31 Å². The highest BCUT2D eigenvalue weighted by Crippen LogP contribution is 2.29. The van der Waals surface area contributed by atoms with Gasteiger partial charge in [0.2, 0.25) is 15.9 Å². The van der Waals surface area contributed by atoms with Gasteiger partial charge in [-0.3, -0.25) is 4.79 Å². The van der Waals surface area contributed by atoms with E-state index < -0.39 is 10.0 Å². The van der Waals surface area contributed by atoms with Crippen LogP contribution in [0.4, 0.5) is 11.4 Å². The Morgan fingerprint density at radius 1 is 1.17 bits per heavy atom. The van der Waals surface area contributed by atoms with E-state index in [1.807, 2.05) is 0 Å². The molecule has 0 spiro atoms. The second kappa shape index (κ2) is 9.32. The molecule has 3 rings (SSSR count). The fraction of sp³-hybridized carbons (Fsp3) is 0.316. The number of carbonyl (C=O) groups is 1. The van der Waals surface area contributed by atoms with E-state index >= 15 is 0 Å². The largest absolute Gasteiger partial charge is 0.379 e. The lowest BCUT2D eigenvalue weighted by atomic mass is 10.2. The fourth-order valence-electron chi connectivity index (χ4n) is 2.89. The zero-order valence-corrected chi connectivity index (χ0v) is 18.1. The van der Waals surface area contributed by atoms with Crippen molar-refractivity contribution in [2.75, 3.05) is 43.5 Å². The third-order valence-corrected chi connectivity index (χ3v) is 7.31. The Balaban J connectivity index is 1.69. The Bertz CT molecular complexity index is 1010. The van der Waals surface area contributed by atoms with Gasteiger partial charge in [0.25, 0.3) is 0 Å². The maximum absolute atomic E-state index is 12.9. The summed E-state index contributed by atoms with van der Waals surface area (Å²) in [4.78, 5) is 12.4. The van der Waals surface area contributed by atoms with Crippen molar-refractivity contribution in [2.24, 2.45) is 0 Å². The van der Waals surface area contributed by atoms with Crippen LogP contribution in [-0.2, 0) is 19.6 Å². The van der Waals surface area contributed by atoms with Crippen LogP contribution in [0.1, 0.15) is 5.56 Å². The van der Waals surface area contributed by atoms with E-state index in [1.54, 1.807) is 43.3 Å². The fourth-order valence-corrected chi connectivity index (χ4v) is 4.90. The number of amides is 1. The third-order valence-electron chi connectivity index (χ3n) is 4.45. The Hall–Kier alpha value is -1.84. The number of halogens is 2. The Kier molecular flexibility index (Phi) is 7.02. The molecule has 1 aliphatic heterocycles. The molecular formula is C19H21Cl2N3O4S. The van der Waals surface area contributed by atoms with Gasteiger partial charge in [-0.1, -0.05) is 35.3 Å². The average Bonchev–Trinajstić information content (AvgIpc) is 2.71. The Morgan fingerprint density at radius 3 is 2.62 bits per heavy atom. The summed E-state index contributed by atoms with van der Waals surface area (Å²) in [6, 6.07) is 9.93. The minimum Gasteiger partial charge on any atom is -0.379 e.